The lowest BCUT2D eigenvalue weighted by atomic mass is 10.1. The first-order chi connectivity index (χ1) is 14.6. The largest absolute Gasteiger partial charge is 0.496 e. The van der Waals surface area contributed by atoms with E-state index in [0.29, 0.717) is 6.08 Å². The van der Waals surface area contributed by atoms with Crippen molar-refractivity contribution in [3.8, 4) is 5.75 Å². The number of methoxy groups -OCH3 is 3. The molecule has 0 spiro atoms. The maximum Gasteiger partial charge on any atom is 0.416 e. The molecule has 0 aliphatic heterocycles. The maximum atomic E-state index is 13.0. The van der Waals surface area contributed by atoms with Gasteiger partial charge >= 0.3 is 12.1 Å². The second-order valence-corrected chi connectivity index (χ2v) is 6.08. The Kier molecular flexibility index (Phi) is 7.42. The number of halogens is 3. The Morgan fingerprint density at radius 2 is 1.52 bits per heavy atom. The van der Waals surface area contributed by atoms with Gasteiger partial charge in [0.25, 0.3) is 11.8 Å². The van der Waals surface area contributed by atoms with Crippen LogP contribution < -0.4 is 9.64 Å². The zero-order chi connectivity index (χ0) is 23.2. The second kappa shape index (κ2) is 9.63. The molecule has 31 heavy (non-hydrogen) atoms. The van der Waals surface area contributed by atoms with Crippen molar-refractivity contribution < 1.29 is 42.1 Å². The van der Waals surface area contributed by atoms with Crippen molar-refractivity contribution in [1.82, 2.24) is 0 Å². The van der Waals surface area contributed by atoms with Gasteiger partial charge in [0.2, 0.25) is 0 Å². The normalized spacial score (nSPS) is 12.1. The molecule has 0 heterocycles. The molecule has 0 atom stereocenters. The Labute approximate surface area is 176 Å². The highest BCUT2D eigenvalue weighted by molar-refractivity contribution is 6.04. The van der Waals surface area contributed by atoms with Gasteiger partial charge in [0.05, 0.1) is 18.2 Å². The van der Waals surface area contributed by atoms with Gasteiger partial charge in [-0.2, -0.15) is 13.2 Å². The topological polar surface area (TPSA) is 85.3 Å². The average molecular weight is 439 g/mol. The Morgan fingerprint density at radius 1 is 0.935 bits per heavy atom. The van der Waals surface area contributed by atoms with Crippen LogP contribution in [-0.2, 0) is 31.2 Å². The van der Waals surface area contributed by atoms with Crippen molar-refractivity contribution in [3.63, 3.8) is 0 Å². The molecule has 0 aromatic heterocycles. The average Bonchev–Trinajstić information content (AvgIpc) is 2.75. The van der Waals surface area contributed by atoms with Crippen molar-refractivity contribution in [3.05, 3.63) is 71.8 Å². The lowest BCUT2D eigenvalue weighted by Crippen LogP contribution is -2.52. The third kappa shape index (κ3) is 5.04. The molecule has 1 amide bonds. The number of rotatable bonds is 8. The minimum Gasteiger partial charge on any atom is -0.496 e. The van der Waals surface area contributed by atoms with Crippen LogP contribution in [0.5, 0.6) is 5.75 Å². The number of carboxylic acids is 1. The second-order valence-electron chi connectivity index (χ2n) is 6.08. The van der Waals surface area contributed by atoms with Gasteiger partial charge in [-0.3, -0.25) is 9.69 Å². The zero-order valence-corrected chi connectivity index (χ0v) is 16.8. The van der Waals surface area contributed by atoms with Gasteiger partial charge in [0.1, 0.15) is 5.75 Å². The molecule has 2 aromatic rings. The molecule has 7 nitrogen and oxygen atoms in total. The number of benzene rings is 2. The highest BCUT2D eigenvalue weighted by Crippen LogP contribution is 2.40. The molecule has 0 radical (unpaired) electrons. The lowest BCUT2D eigenvalue weighted by Gasteiger charge is -2.41. The number of carbonyl (C=O) groups excluding carboxylic acids is 1. The van der Waals surface area contributed by atoms with Crippen LogP contribution in [0, 0.1) is 0 Å². The summed E-state index contributed by atoms with van der Waals surface area (Å²) in [5.74, 6) is -4.04. The maximum absolute atomic E-state index is 13.0. The molecule has 10 heteroatoms. The van der Waals surface area contributed by atoms with E-state index in [1.165, 1.54) is 27.4 Å². The molecular weight excluding hydrogens is 419 g/mol. The van der Waals surface area contributed by atoms with Gasteiger partial charge in [-0.05, 0) is 36.4 Å². The summed E-state index contributed by atoms with van der Waals surface area (Å²) >= 11 is 0. The highest BCUT2D eigenvalue weighted by Gasteiger charge is 2.45. The van der Waals surface area contributed by atoms with Crippen LogP contribution in [0.4, 0.5) is 18.9 Å². The number of hydrogen-bond donors (Lipinski definition) is 1. The Morgan fingerprint density at radius 3 is 2.00 bits per heavy atom. The predicted octanol–water partition coefficient (Wildman–Crippen LogP) is 3.79. The number of aliphatic carboxylic acids is 1. The molecule has 166 valence electrons. The number of carboxylic acid groups (broad SMARTS) is 1. The van der Waals surface area contributed by atoms with E-state index in [-0.39, 0.29) is 17.0 Å². The van der Waals surface area contributed by atoms with Crippen LogP contribution >= 0.6 is 0 Å². The van der Waals surface area contributed by atoms with Gasteiger partial charge in [-0.1, -0.05) is 12.1 Å². The Bertz CT molecular complexity index is 952. The molecule has 0 fully saturated rings. The number of alkyl halides is 3. The third-order valence-electron chi connectivity index (χ3n) is 4.34. The van der Waals surface area contributed by atoms with E-state index < -0.39 is 29.5 Å². The fourth-order valence-electron chi connectivity index (χ4n) is 2.97. The summed E-state index contributed by atoms with van der Waals surface area (Å²) < 4.78 is 55.4. The van der Waals surface area contributed by atoms with Crippen molar-refractivity contribution in [1.29, 1.82) is 0 Å². The fourth-order valence-corrected chi connectivity index (χ4v) is 2.97. The molecule has 0 unspecified atom stereocenters. The van der Waals surface area contributed by atoms with E-state index in [2.05, 4.69) is 0 Å². The van der Waals surface area contributed by atoms with Gasteiger partial charge in [-0.25, -0.2) is 4.79 Å². The molecule has 0 aliphatic rings. The summed E-state index contributed by atoms with van der Waals surface area (Å²) in [5, 5.41) is 8.89. The zero-order valence-electron chi connectivity index (χ0n) is 16.8. The number of anilines is 1. The molecular formula is C21H20F3NO6. The monoisotopic (exact) mass is 439 g/mol. The first-order valence-electron chi connectivity index (χ1n) is 8.77. The smallest absolute Gasteiger partial charge is 0.416 e. The van der Waals surface area contributed by atoms with E-state index in [0.717, 1.165) is 35.2 Å². The van der Waals surface area contributed by atoms with E-state index in [1.54, 1.807) is 18.2 Å². The number of nitrogens with zero attached hydrogens (tertiary/aromatic N) is 1. The summed E-state index contributed by atoms with van der Waals surface area (Å²) in [5.41, 5.74) is -0.746. The van der Waals surface area contributed by atoms with Crippen LogP contribution in [-0.4, -0.2) is 38.3 Å². The Hall–Kier alpha value is -3.37. The quantitative estimate of drug-likeness (QED) is 0.498. The van der Waals surface area contributed by atoms with Crippen molar-refractivity contribution in [2.24, 2.45) is 0 Å². The first-order valence-corrected chi connectivity index (χ1v) is 8.77. The minimum absolute atomic E-state index is 0.0392. The summed E-state index contributed by atoms with van der Waals surface area (Å²) in [6.07, 6.45) is -3.25. The molecule has 1 N–H and O–H groups in total. The van der Waals surface area contributed by atoms with Crippen molar-refractivity contribution in [2.75, 3.05) is 26.2 Å². The SMILES string of the molecule is COc1ccccc1C(OC)(OC)N(C(=O)C=CC(=O)O)c1ccc(C(F)(F)F)cc1. The summed E-state index contributed by atoms with van der Waals surface area (Å²) in [4.78, 5) is 24.8. The number of para-hydroxylation sites is 1. The van der Waals surface area contributed by atoms with Crippen LogP contribution in [0.15, 0.2) is 60.7 Å². The lowest BCUT2D eigenvalue weighted by molar-refractivity contribution is -0.215. The number of amides is 1. The van der Waals surface area contributed by atoms with Crippen LogP contribution in [0.25, 0.3) is 0 Å². The molecule has 0 saturated carbocycles. The number of carbonyl (C=O) groups is 2. The summed E-state index contributed by atoms with van der Waals surface area (Å²) in [7, 11) is 3.83. The van der Waals surface area contributed by atoms with Crippen LogP contribution in [0.2, 0.25) is 0 Å². The minimum atomic E-state index is -4.58. The van der Waals surface area contributed by atoms with E-state index in [9.17, 15) is 22.8 Å². The van der Waals surface area contributed by atoms with Crippen molar-refractivity contribution in [2.45, 2.75) is 12.1 Å². The number of hydrogen-bond acceptors (Lipinski definition) is 5. The fraction of sp³-hybridized carbons (Fsp3) is 0.238. The molecule has 2 rings (SSSR count). The molecule has 0 aliphatic carbocycles. The molecule has 2 aromatic carbocycles. The summed E-state index contributed by atoms with van der Waals surface area (Å²) in [6.45, 7) is 0. The standard InChI is InChI=1S/C21H20F3NO6/c1-29-17-7-5-4-6-16(17)21(30-2,31-3)25(18(26)12-13-19(27)28)15-10-8-14(9-11-15)20(22,23)24/h4-13H,1-3H3,(H,27,28). The van der Waals surface area contributed by atoms with E-state index in [4.69, 9.17) is 19.3 Å². The van der Waals surface area contributed by atoms with Gasteiger partial charge < -0.3 is 19.3 Å². The van der Waals surface area contributed by atoms with Gasteiger partial charge in [0, 0.05) is 32.1 Å². The molecule has 0 bridgehead atoms. The van der Waals surface area contributed by atoms with Crippen LogP contribution in [0.1, 0.15) is 11.1 Å². The summed E-state index contributed by atoms with van der Waals surface area (Å²) in [6, 6.07) is 10.1. The van der Waals surface area contributed by atoms with Crippen LogP contribution in [0.3, 0.4) is 0 Å². The van der Waals surface area contributed by atoms with E-state index >= 15 is 0 Å². The van der Waals surface area contributed by atoms with Crippen molar-refractivity contribution >= 4 is 17.6 Å². The first kappa shape index (κ1) is 23.9. The predicted molar refractivity (Wildman–Crippen MR) is 104 cm³/mol. The third-order valence-corrected chi connectivity index (χ3v) is 4.34. The number of ether oxygens (including phenoxy) is 3. The Balaban J connectivity index is 2.74. The van der Waals surface area contributed by atoms with Gasteiger partial charge in [-0.15, -0.1) is 0 Å². The highest BCUT2D eigenvalue weighted by atomic mass is 19.4. The van der Waals surface area contributed by atoms with Gasteiger partial charge in [0.15, 0.2) is 0 Å². The van der Waals surface area contributed by atoms with E-state index in [1.807, 2.05) is 0 Å². The molecule has 0 saturated heterocycles.